The molecule has 118 valence electrons. The van der Waals surface area contributed by atoms with Crippen molar-refractivity contribution in [1.82, 2.24) is 5.32 Å². The summed E-state index contributed by atoms with van der Waals surface area (Å²) in [7, 11) is 0. The van der Waals surface area contributed by atoms with Gasteiger partial charge in [0, 0.05) is 17.3 Å². The van der Waals surface area contributed by atoms with Crippen LogP contribution in [0.1, 0.15) is 41.0 Å². The molecule has 0 aliphatic rings. The van der Waals surface area contributed by atoms with Crippen molar-refractivity contribution in [3.8, 4) is 5.75 Å². The highest BCUT2D eigenvalue weighted by molar-refractivity contribution is 5.84. The van der Waals surface area contributed by atoms with Crippen LogP contribution in [0, 0.1) is 5.82 Å². The summed E-state index contributed by atoms with van der Waals surface area (Å²) >= 11 is 0. The van der Waals surface area contributed by atoms with Crippen molar-refractivity contribution in [1.29, 1.82) is 0 Å². The monoisotopic (exact) mass is 296 g/mol. The molecule has 0 radical (unpaired) electrons. The first-order valence-corrected chi connectivity index (χ1v) is 7.30. The molecule has 0 fully saturated rings. The number of carbonyl (C=O) groups is 1. The summed E-state index contributed by atoms with van der Waals surface area (Å²) in [5, 5.41) is 5.94. The van der Waals surface area contributed by atoms with Crippen molar-refractivity contribution >= 4 is 11.6 Å². The van der Waals surface area contributed by atoms with Gasteiger partial charge in [0.2, 0.25) is 5.91 Å². The average Bonchev–Trinajstić information content (AvgIpc) is 2.41. The highest BCUT2D eigenvalue weighted by Gasteiger charge is 2.21. The fourth-order valence-electron chi connectivity index (χ4n) is 1.71. The van der Waals surface area contributed by atoms with Gasteiger partial charge >= 0.3 is 0 Å². The molecule has 21 heavy (non-hydrogen) atoms. The Morgan fingerprint density at radius 1 is 1.38 bits per heavy atom. The van der Waals surface area contributed by atoms with Crippen molar-refractivity contribution in [2.24, 2.45) is 0 Å². The lowest BCUT2D eigenvalue weighted by Gasteiger charge is -2.27. The maximum Gasteiger partial charge on any atom is 0.242 e. The summed E-state index contributed by atoms with van der Waals surface area (Å²) in [5.74, 6) is -0.341. The fourth-order valence-corrected chi connectivity index (χ4v) is 1.71. The minimum Gasteiger partial charge on any atom is -0.491 e. The van der Waals surface area contributed by atoms with Gasteiger partial charge in [0.15, 0.2) is 11.6 Å². The number of carbonyl (C=O) groups excluding carboxylic acids is 1. The van der Waals surface area contributed by atoms with Crippen LogP contribution >= 0.6 is 0 Å². The standard InChI is InChI=1S/C16H25FN2O2/c1-6-16(4,5)19-15(20)11(3)18-12-8-9-14(21-7-2)13(17)10-12/h8-11,18H,6-7H2,1-5H3,(H,19,20). The first-order chi connectivity index (χ1) is 9.79. The zero-order valence-electron chi connectivity index (χ0n) is 13.4. The second kappa shape index (κ2) is 7.29. The van der Waals surface area contributed by atoms with Crippen molar-refractivity contribution < 1.29 is 13.9 Å². The molecule has 4 nitrogen and oxygen atoms in total. The number of halogens is 1. The number of hydrogen-bond donors (Lipinski definition) is 2. The van der Waals surface area contributed by atoms with Crippen molar-refractivity contribution in [3.63, 3.8) is 0 Å². The molecule has 1 aromatic rings. The van der Waals surface area contributed by atoms with E-state index in [0.29, 0.717) is 12.3 Å². The molecule has 5 heteroatoms. The molecule has 0 aliphatic heterocycles. The van der Waals surface area contributed by atoms with Crippen molar-refractivity contribution in [2.75, 3.05) is 11.9 Å². The number of ether oxygens (including phenoxy) is 1. The van der Waals surface area contributed by atoms with Gasteiger partial charge < -0.3 is 15.4 Å². The molecule has 1 aromatic carbocycles. The van der Waals surface area contributed by atoms with Crippen LogP contribution in [0.5, 0.6) is 5.75 Å². The Morgan fingerprint density at radius 2 is 2.05 bits per heavy atom. The molecule has 0 aliphatic carbocycles. The number of amides is 1. The van der Waals surface area contributed by atoms with E-state index in [-0.39, 0.29) is 17.2 Å². The lowest BCUT2D eigenvalue weighted by molar-refractivity contribution is -0.123. The van der Waals surface area contributed by atoms with E-state index in [2.05, 4.69) is 10.6 Å². The van der Waals surface area contributed by atoms with E-state index >= 15 is 0 Å². The molecule has 1 atom stereocenters. The summed E-state index contributed by atoms with van der Waals surface area (Å²) in [5.41, 5.74) is 0.296. The molecule has 0 bridgehead atoms. The Balaban J connectivity index is 2.68. The van der Waals surface area contributed by atoms with Gasteiger partial charge in [-0.1, -0.05) is 6.92 Å². The largest absolute Gasteiger partial charge is 0.491 e. The second-order valence-electron chi connectivity index (χ2n) is 5.67. The molecule has 0 saturated heterocycles. The normalized spacial score (nSPS) is 12.7. The van der Waals surface area contributed by atoms with Gasteiger partial charge in [-0.3, -0.25) is 4.79 Å². The van der Waals surface area contributed by atoms with Gasteiger partial charge in [-0.05, 0) is 46.2 Å². The minimum atomic E-state index is -0.451. The van der Waals surface area contributed by atoms with E-state index in [9.17, 15) is 9.18 Å². The molecule has 0 aromatic heterocycles. The number of hydrogen-bond acceptors (Lipinski definition) is 3. The molecule has 1 unspecified atom stereocenters. The number of benzene rings is 1. The molecular formula is C16H25FN2O2. The van der Waals surface area contributed by atoms with Gasteiger partial charge in [-0.15, -0.1) is 0 Å². The Labute approximate surface area is 126 Å². The fraction of sp³-hybridized carbons (Fsp3) is 0.562. The quantitative estimate of drug-likeness (QED) is 0.811. The second-order valence-corrected chi connectivity index (χ2v) is 5.67. The molecule has 1 rings (SSSR count). The van der Waals surface area contributed by atoms with E-state index < -0.39 is 11.9 Å². The van der Waals surface area contributed by atoms with Crippen molar-refractivity contribution in [2.45, 2.75) is 52.6 Å². The molecule has 0 heterocycles. The summed E-state index contributed by atoms with van der Waals surface area (Å²) in [4.78, 5) is 12.1. The molecule has 0 saturated carbocycles. The average molecular weight is 296 g/mol. The van der Waals surface area contributed by atoms with Gasteiger partial charge in [0.05, 0.1) is 6.61 Å². The number of anilines is 1. The molecule has 1 amide bonds. The van der Waals surface area contributed by atoms with Gasteiger partial charge in [-0.2, -0.15) is 0 Å². The predicted octanol–water partition coefficient (Wildman–Crippen LogP) is 3.33. The topological polar surface area (TPSA) is 50.4 Å². The van der Waals surface area contributed by atoms with Crippen LogP contribution in [0.25, 0.3) is 0 Å². The van der Waals surface area contributed by atoms with Crippen molar-refractivity contribution in [3.05, 3.63) is 24.0 Å². The van der Waals surface area contributed by atoms with Crippen LogP contribution in [-0.2, 0) is 4.79 Å². The van der Waals surface area contributed by atoms with E-state index in [1.54, 1.807) is 26.0 Å². The third kappa shape index (κ3) is 5.25. The molecule has 2 N–H and O–H groups in total. The van der Waals surface area contributed by atoms with E-state index in [1.165, 1.54) is 6.07 Å². The summed E-state index contributed by atoms with van der Waals surface area (Å²) in [6.07, 6.45) is 0.836. The van der Waals surface area contributed by atoms with E-state index in [0.717, 1.165) is 6.42 Å². The SMILES string of the molecule is CCOc1ccc(NC(C)C(=O)NC(C)(C)CC)cc1F. The first-order valence-electron chi connectivity index (χ1n) is 7.30. The highest BCUT2D eigenvalue weighted by atomic mass is 19.1. The summed E-state index contributed by atoms with van der Waals surface area (Å²) < 4.78 is 18.9. The lowest BCUT2D eigenvalue weighted by Crippen LogP contribution is -2.48. The Hall–Kier alpha value is -1.78. The lowest BCUT2D eigenvalue weighted by atomic mass is 10.0. The number of nitrogens with one attached hydrogen (secondary N) is 2. The minimum absolute atomic E-state index is 0.115. The molecule has 0 spiro atoms. The predicted molar refractivity (Wildman–Crippen MR) is 83.2 cm³/mol. The van der Waals surface area contributed by atoms with Crippen LogP contribution in [0.4, 0.5) is 10.1 Å². The smallest absolute Gasteiger partial charge is 0.242 e. The Bertz CT molecular complexity index is 489. The number of rotatable bonds is 7. The Morgan fingerprint density at radius 3 is 2.57 bits per heavy atom. The highest BCUT2D eigenvalue weighted by Crippen LogP contribution is 2.21. The van der Waals surface area contributed by atoms with Gasteiger partial charge in [0.1, 0.15) is 6.04 Å². The van der Waals surface area contributed by atoms with Crippen LogP contribution in [0.2, 0.25) is 0 Å². The van der Waals surface area contributed by atoms with E-state index in [4.69, 9.17) is 4.74 Å². The zero-order chi connectivity index (χ0) is 16.0. The van der Waals surface area contributed by atoms with Crippen LogP contribution in [-0.4, -0.2) is 24.1 Å². The zero-order valence-corrected chi connectivity index (χ0v) is 13.4. The first kappa shape index (κ1) is 17.3. The maximum absolute atomic E-state index is 13.7. The van der Waals surface area contributed by atoms with Crippen LogP contribution < -0.4 is 15.4 Å². The summed E-state index contributed by atoms with van der Waals surface area (Å²) in [6.45, 7) is 9.90. The Kier molecular flexibility index (Phi) is 6.00. The van der Waals surface area contributed by atoms with Crippen LogP contribution in [0.3, 0.4) is 0 Å². The van der Waals surface area contributed by atoms with E-state index in [1.807, 2.05) is 20.8 Å². The van der Waals surface area contributed by atoms with Gasteiger partial charge in [-0.25, -0.2) is 4.39 Å². The maximum atomic E-state index is 13.7. The van der Waals surface area contributed by atoms with Gasteiger partial charge in [0.25, 0.3) is 0 Å². The van der Waals surface area contributed by atoms with Crippen LogP contribution in [0.15, 0.2) is 18.2 Å². The third-order valence-corrected chi connectivity index (χ3v) is 3.35. The summed E-state index contributed by atoms with van der Waals surface area (Å²) in [6, 6.07) is 4.14. The third-order valence-electron chi connectivity index (χ3n) is 3.35. The molecular weight excluding hydrogens is 271 g/mol.